The SMILES string of the molecule is CCCCCCCCCCCCC(CCCCCCCCCC)CON(CC)c1ccccc1. The lowest BCUT2D eigenvalue weighted by atomic mass is 9.94. The monoisotopic (exact) mass is 473 g/mol. The van der Waals surface area contributed by atoms with Gasteiger partial charge in [-0.2, -0.15) is 0 Å². The summed E-state index contributed by atoms with van der Waals surface area (Å²) in [5, 5.41) is 2.08. The molecule has 0 radical (unpaired) electrons. The van der Waals surface area contributed by atoms with E-state index in [-0.39, 0.29) is 0 Å². The van der Waals surface area contributed by atoms with Gasteiger partial charge in [-0.1, -0.05) is 148 Å². The van der Waals surface area contributed by atoms with E-state index in [1.807, 2.05) is 0 Å². The van der Waals surface area contributed by atoms with Gasteiger partial charge in [-0.15, -0.1) is 0 Å². The van der Waals surface area contributed by atoms with Crippen LogP contribution in [0.25, 0.3) is 0 Å². The summed E-state index contributed by atoms with van der Waals surface area (Å²) in [7, 11) is 0. The molecule has 0 aliphatic heterocycles. The van der Waals surface area contributed by atoms with Crippen molar-refractivity contribution in [1.29, 1.82) is 0 Å². The van der Waals surface area contributed by atoms with E-state index in [1.54, 1.807) is 0 Å². The van der Waals surface area contributed by atoms with Gasteiger partial charge in [-0.25, -0.2) is 0 Å². The molecular weight excluding hydrogens is 414 g/mol. The van der Waals surface area contributed by atoms with Gasteiger partial charge in [0, 0.05) is 6.54 Å². The van der Waals surface area contributed by atoms with Gasteiger partial charge in [0.1, 0.15) is 0 Å². The first-order chi connectivity index (χ1) is 16.8. The number of hydroxylamine groups is 1. The van der Waals surface area contributed by atoms with Gasteiger partial charge < -0.3 is 0 Å². The predicted octanol–water partition coefficient (Wildman–Crippen LogP) is 10.9. The van der Waals surface area contributed by atoms with E-state index in [1.165, 1.54) is 134 Å². The Labute approximate surface area is 214 Å². The molecule has 0 bridgehead atoms. The Hall–Kier alpha value is -1.02. The fraction of sp³-hybridized carbons (Fsp3) is 0.812. The zero-order valence-corrected chi connectivity index (χ0v) is 23.4. The first-order valence-corrected chi connectivity index (χ1v) is 15.3. The van der Waals surface area contributed by atoms with Crippen LogP contribution >= 0.6 is 0 Å². The highest BCUT2D eigenvalue weighted by molar-refractivity contribution is 5.43. The Bertz CT molecular complexity index is 517. The van der Waals surface area contributed by atoms with Gasteiger partial charge in [0.05, 0.1) is 12.3 Å². The standard InChI is InChI=1S/C32H59NO/c1-4-7-9-11-13-15-16-18-20-23-27-31(26-22-19-17-14-12-10-8-5-2)30-34-33(6-3)32-28-24-21-25-29-32/h21,24-25,28-29,31H,4-20,22-23,26-27,30H2,1-3H3. The van der Waals surface area contributed by atoms with Crippen molar-refractivity contribution in [1.82, 2.24) is 0 Å². The first-order valence-electron chi connectivity index (χ1n) is 15.3. The van der Waals surface area contributed by atoms with E-state index in [2.05, 4.69) is 56.2 Å². The number of hydrogen-bond donors (Lipinski definition) is 0. The molecule has 0 aliphatic carbocycles. The van der Waals surface area contributed by atoms with E-state index in [4.69, 9.17) is 4.84 Å². The van der Waals surface area contributed by atoms with Crippen LogP contribution in [0.2, 0.25) is 0 Å². The number of hydrogen-bond acceptors (Lipinski definition) is 2. The summed E-state index contributed by atoms with van der Waals surface area (Å²) in [5.41, 5.74) is 1.18. The van der Waals surface area contributed by atoms with Gasteiger partial charge in [0.2, 0.25) is 0 Å². The number of unbranched alkanes of at least 4 members (excludes halogenated alkanes) is 16. The molecule has 0 N–H and O–H groups in total. The summed E-state index contributed by atoms with van der Waals surface area (Å²) >= 11 is 0. The lowest BCUT2D eigenvalue weighted by molar-refractivity contribution is 0.0718. The van der Waals surface area contributed by atoms with Crippen LogP contribution < -0.4 is 5.06 Å². The first kappa shape index (κ1) is 31.0. The van der Waals surface area contributed by atoms with E-state index < -0.39 is 0 Å². The number of rotatable bonds is 25. The average Bonchev–Trinajstić information content (AvgIpc) is 2.87. The van der Waals surface area contributed by atoms with Crippen molar-refractivity contribution in [3.63, 3.8) is 0 Å². The van der Waals surface area contributed by atoms with Gasteiger partial charge >= 0.3 is 0 Å². The van der Waals surface area contributed by atoms with E-state index in [0.717, 1.165) is 13.2 Å². The molecule has 1 unspecified atom stereocenters. The summed E-state index contributed by atoms with van der Waals surface area (Å²) < 4.78 is 0. The van der Waals surface area contributed by atoms with Crippen LogP contribution in [0.5, 0.6) is 0 Å². The second-order valence-electron chi connectivity index (χ2n) is 10.4. The molecular formula is C32H59NO. The Balaban J connectivity index is 2.28. The molecule has 198 valence electrons. The normalized spacial score (nSPS) is 12.2. The molecule has 0 amide bonds. The van der Waals surface area contributed by atoms with E-state index in [0.29, 0.717) is 5.92 Å². The third-order valence-electron chi connectivity index (χ3n) is 7.23. The Morgan fingerprint density at radius 1 is 0.559 bits per heavy atom. The van der Waals surface area contributed by atoms with Gasteiger partial charge in [0.25, 0.3) is 0 Å². The molecule has 1 aromatic rings. The third kappa shape index (κ3) is 17.4. The maximum Gasteiger partial charge on any atom is 0.0776 e. The summed E-state index contributed by atoms with van der Waals surface area (Å²) in [6.45, 7) is 8.55. The molecule has 1 aromatic carbocycles. The molecule has 2 heteroatoms. The van der Waals surface area contributed by atoms with Crippen molar-refractivity contribution in [2.45, 2.75) is 149 Å². The highest BCUT2D eigenvalue weighted by Gasteiger charge is 2.12. The molecule has 2 nitrogen and oxygen atoms in total. The van der Waals surface area contributed by atoms with Crippen molar-refractivity contribution in [2.24, 2.45) is 5.92 Å². The molecule has 0 saturated carbocycles. The second-order valence-corrected chi connectivity index (χ2v) is 10.4. The van der Waals surface area contributed by atoms with Crippen molar-refractivity contribution < 1.29 is 4.84 Å². The Morgan fingerprint density at radius 3 is 1.38 bits per heavy atom. The lowest BCUT2D eigenvalue weighted by Crippen LogP contribution is -2.26. The van der Waals surface area contributed by atoms with Crippen LogP contribution in [0.4, 0.5) is 5.69 Å². The van der Waals surface area contributed by atoms with Crippen LogP contribution in [0.15, 0.2) is 30.3 Å². The smallest absolute Gasteiger partial charge is 0.0776 e. The molecule has 1 rings (SSSR count). The number of anilines is 1. The average molecular weight is 474 g/mol. The zero-order chi connectivity index (χ0) is 24.5. The maximum atomic E-state index is 6.34. The van der Waals surface area contributed by atoms with Crippen LogP contribution in [-0.2, 0) is 4.84 Å². The van der Waals surface area contributed by atoms with Crippen molar-refractivity contribution in [2.75, 3.05) is 18.2 Å². The number of nitrogens with zero attached hydrogens (tertiary/aromatic N) is 1. The molecule has 0 spiro atoms. The molecule has 0 heterocycles. The number of para-hydroxylation sites is 1. The molecule has 34 heavy (non-hydrogen) atoms. The summed E-state index contributed by atoms with van der Waals surface area (Å²) in [5.74, 6) is 0.701. The largest absolute Gasteiger partial charge is 0.273 e. The summed E-state index contributed by atoms with van der Waals surface area (Å²) in [4.78, 5) is 6.34. The molecule has 0 saturated heterocycles. The van der Waals surface area contributed by atoms with Gasteiger partial charge in [-0.3, -0.25) is 9.90 Å². The highest BCUT2D eigenvalue weighted by Crippen LogP contribution is 2.22. The predicted molar refractivity (Wildman–Crippen MR) is 153 cm³/mol. The Morgan fingerprint density at radius 2 is 0.971 bits per heavy atom. The zero-order valence-electron chi connectivity index (χ0n) is 23.4. The molecule has 0 fully saturated rings. The van der Waals surface area contributed by atoms with Gasteiger partial charge in [0.15, 0.2) is 0 Å². The van der Waals surface area contributed by atoms with E-state index in [9.17, 15) is 0 Å². The highest BCUT2D eigenvalue weighted by atomic mass is 16.7. The van der Waals surface area contributed by atoms with Gasteiger partial charge in [-0.05, 0) is 37.8 Å². The van der Waals surface area contributed by atoms with Crippen molar-refractivity contribution in [3.05, 3.63) is 30.3 Å². The van der Waals surface area contributed by atoms with E-state index >= 15 is 0 Å². The van der Waals surface area contributed by atoms with Crippen molar-refractivity contribution in [3.8, 4) is 0 Å². The minimum absolute atomic E-state index is 0.701. The Kier molecular flexibility index (Phi) is 21.6. The van der Waals surface area contributed by atoms with Crippen molar-refractivity contribution >= 4 is 5.69 Å². The topological polar surface area (TPSA) is 12.5 Å². The fourth-order valence-corrected chi connectivity index (χ4v) is 4.94. The second kappa shape index (κ2) is 23.7. The summed E-state index contributed by atoms with van der Waals surface area (Å²) in [6.07, 6.45) is 28.1. The minimum atomic E-state index is 0.701. The number of benzene rings is 1. The lowest BCUT2D eigenvalue weighted by Gasteiger charge is -2.25. The molecule has 0 aliphatic rings. The third-order valence-corrected chi connectivity index (χ3v) is 7.23. The van der Waals surface area contributed by atoms with Crippen LogP contribution in [0.3, 0.4) is 0 Å². The molecule has 0 aromatic heterocycles. The maximum absolute atomic E-state index is 6.34. The van der Waals surface area contributed by atoms with Crippen LogP contribution in [0, 0.1) is 5.92 Å². The van der Waals surface area contributed by atoms with Crippen LogP contribution in [-0.4, -0.2) is 13.2 Å². The van der Waals surface area contributed by atoms with Crippen LogP contribution in [0.1, 0.15) is 149 Å². The molecule has 1 atom stereocenters. The fourth-order valence-electron chi connectivity index (χ4n) is 4.94. The minimum Gasteiger partial charge on any atom is -0.273 e. The summed E-state index contributed by atoms with van der Waals surface area (Å²) in [6, 6.07) is 10.6. The quantitative estimate of drug-likeness (QED) is 0.103.